The molecule has 0 saturated heterocycles. The summed E-state index contributed by atoms with van der Waals surface area (Å²) in [5, 5.41) is 3.53. The van der Waals surface area contributed by atoms with Crippen molar-refractivity contribution in [3.8, 4) is 0 Å². The van der Waals surface area contributed by atoms with E-state index < -0.39 is 0 Å². The summed E-state index contributed by atoms with van der Waals surface area (Å²) >= 11 is 3.54. The highest BCUT2D eigenvalue weighted by atomic mass is 79.9. The van der Waals surface area contributed by atoms with Crippen LogP contribution in [-0.2, 0) is 0 Å². The van der Waals surface area contributed by atoms with Crippen LogP contribution in [-0.4, -0.2) is 12.1 Å². The van der Waals surface area contributed by atoms with Gasteiger partial charge in [-0.3, -0.25) is 0 Å². The molecule has 1 aromatic carbocycles. The van der Waals surface area contributed by atoms with Crippen LogP contribution in [0.15, 0.2) is 22.7 Å². The Bertz CT molecular complexity index is 351. The van der Waals surface area contributed by atoms with E-state index in [2.05, 4.69) is 46.4 Å². The standard InChI is InChI=1S/C12H17BrN2/c1-8-2-4-11(7-12(8)13)15-10-5-3-9(14)6-10/h2,4,7,9-10,15H,3,5-6,14H2,1H3. The molecule has 82 valence electrons. The van der Waals surface area contributed by atoms with E-state index >= 15 is 0 Å². The first-order chi connectivity index (χ1) is 7.15. The SMILES string of the molecule is Cc1ccc(NC2CCC(N)C2)cc1Br. The van der Waals surface area contributed by atoms with Gasteiger partial charge in [0.2, 0.25) is 0 Å². The Morgan fingerprint density at radius 3 is 2.80 bits per heavy atom. The summed E-state index contributed by atoms with van der Waals surface area (Å²) < 4.78 is 1.16. The third kappa shape index (κ3) is 2.73. The van der Waals surface area contributed by atoms with E-state index in [9.17, 15) is 0 Å². The average Bonchev–Trinajstić information content (AvgIpc) is 2.58. The van der Waals surface area contributed by atoms with Crippen molar-refractivity contribution in [2.45, 2.75) is 38.3 Å². The number of rotatable bonds is 2. The highest BCUT2D eigenvalue weighted by Gasteiger charge is 2.21. The lowest BCUT2D eigenvalue weighted by molar-refractivity contribution is 0.688. The quantitative estimate of drug-likeness (QED) is 0.866. The average molecular weight is 269 g/mol. The normalized spacial score (nSPS) is 25.5. The first-order valence-corrected chi connectivity index (χ1v) is 6.23. The van der Waals surface area contributed by atoms with Crippen molar-refractivity contribution in [3.05, 3.63) is 28.2 Å². The Labute approximate surface area is 99.4 Å². The van der Waals surface area contributed by atoms with E-state index in [4.69, 9.17) is 5.73 Å². The van der Waals surface area contributed by atoms with Gasteiger partial charge in [0.15, 0.2) is 0 Å². The molecule has 2 atom stereocenters. The van der Waals surface area contributed by atoms with Crippen molar-refractivity contribution in [1.82, 2.24) is 0 Å². The molecule has 0 bridgehead atoms. The van der Waals surface area contributed by atoms with E-state index in [0.717, 1.165) is 17.3 Å². The van der Waals surface area contributed by atoms with Crippen LogP contribution in [0.5, 0.6) is 0 Å². The second-order valence-electron chi connectivity index (χ2n) is 4.38. The molecular formula is C12H17BrN2. The summed E-state index contributed by atoms with van der Waals surface area (Å²) in [5.74, 6) is 0. The summed E-state index contributed by atoms with van der Waals surface area (Å²) in [6.45, 7) is 2.10. The Balaban J connectivity index is 2.02. The number of anilines is 1. The van der Waals surface area contributed by atoms with Gasteiger partial charge in [-0.15, -0.1) is 0 Å². The zero-order valence-corrected chi connectivity index (χ0v) is 10.5. The van der Waals surface area contributed by atoms with Crippen LogP contribution >= 0.6 is 15.9 Å². The van der Waals surface area contributed by atoms with Crippen LogP contribution in [0.4, 0.5) is 5.69 Å². The fourth-order valence-corrected chi connectivity index (χ4v) is 2.44. The molecule has 1 aliphatic rings. The van der Waals surface area contributed by atoms with Crippen molar-refractivity contribution in [1.29, 1.82) is 0 Å². The molecule has 0 heterocycles. The number of hydrogen-bond acceptors (Lipinski definition) is 2. The first-order valence-electron chi connectivity index (χ1n) is 5.43. The van der Waals surface area contributed by atoms with Gasteiger partial charge in [-0.2, -0.15) is 0 Å². The highest BCUT2D eigenvalue weighted by Crippen LogP contribution is 2.25. The van der Waals surface area contributed by atoms with Gasteiger partial charge in [0.25, 0.3) is 0 Å². The highest BCUT2D eigenvalue weighted by molar-refractivity contribution is 9.10. The number of nitrogens with one attached hydrogen (secondary N) is 1. The van der Waals surface area contributed by atoms with Gasteiger partial charge < -0.3 is 11.1 Å². The zero-order chi connectivity index (χ0) is 10.8. The fraction of sp³-hybridized carbons (Fsp3) is 0.500. The second kappa shape index (κ2) is 4.54. The number of hydrogen-bond donors (Lipinski definition) is 2. The Morgan fingerprint density at radius 2 is 2.20 bits per heavy atom. The lowest BCUT2D eigenvalue weighted by Gasteiger charge is -2.14. The maximum absolute atomic E-state index is 5.88. The lowest BCUT2D eigenvalue weighted by Crippen LogP contribution is -2.20. The summed E-state index contributed by atoms with van der Waals surface area (Å²) in [6.07, 6.45) is 3.42. The molecule has 1 fully saturated rings. The van der Waals surface area contributed by atoms with E-state index in [-0.39, 0.29) is 0 Å². The molecule has 1 aliphatic carbocycles. The topological polar surface area (TPSA) is 38.0 Å². The predicted molar refractivity (Wildman–Crippen MR) is 68.1 cm³/mol. The van der Waals surface area contributed by atoms with Crippen LogP contribution in [0, 0.1) is 6.92 Å². The van der Waals surface area contributed by atoms with Gasteiger partial charge in [-0.1, -0.05) is 22.0 Å². The summed E-state index contributed by atoms with van der Waals surface area (Å²) in [4.78, 5) is 0. The van der Waals surface area contributed by atoms with Crippen molar-refractivity contribution in [3.63, 3.8) is 0 Å². The van der Waals surface area contributed by atoms with Crippen LogP contribution in [0.2, 0.25) is 0 Å². The molecule has 2 rings (SSSR count). The number of nitrogens with two attached hydrogens (primary N) is 1. The Kier molecular flexibility index (Phi) is 3.32. The van der Waals surface area contributed by atoms with Gasteiger partial charge in [0, 0.05) is 22.2 Å². The van der Waals surface area contributed by atoms with Gasteiger partial charge in [-0.25, -0.2) is 0 Å². The van der Waals surface area contributed by atoms with Crippen molar-refractivity contribution in [2.24, 2.45) is 5.73 Å². The molecule has 2 nitrogen and oxygen atoms in total. The summed E-state index contributed by atoms with van der Waals surface area (Å²) in [5.41, 5.74) is 8.34. The molecule has 3 N–H and O–H groups in total. The van der Waals surface area contributed by atoms with Crippen molar-refractivity contribution < 1.29 is 0 Å². The third-order valence-electron chi connectivity index (χ3n) is 3.02. The Morgan fingerprint density at radius 1 is 1.40 bits per heavy atom. The molecule has 0 spiro atoms. The number of halogens is 1. The second-order valence-corrected chi connectivity index (χ2v) is 5.23. The minimum Gasteiger partial charge on any atom is -0.382 e. The molecule has 2 unspecified atom stereocenters. The maximum atomic E-state index is 5.88. The minimum absolute atomic E-state index is 0.386. The molecule has 0 amide bonds. The van der Waals surface area contributed by atoms with E-state index in [1.165, 1.54) is 17.7 Å². The van der Waals surface area contributed by atoms with Crippen molar-refractivity contribution in [2.75, 3.05) is 5.32 Å². The predicted octanol–water partition coefficient (Wildman–Crippen LogP) is 3.05. The van der Waals surface area contributed by atoms with Crippen LogP contribution < -0.4 is 11.1 Å². The molecule has 1 saturated carbocycles. The summed E-state index contributed by atoms with van der Waals surface area (Å²) in [6, 6.07) is 7.33. The minimum atomic E-state index is 0.386. The molecule has 0 aliphatic heterocycles. The van der Waals surface area contributed by atoms with Gasteiger partial charge in [0.05, 0.1) is 0 Å². The molecule has 15 heavy (non-hydrogen) atoms. The smallest absolute Gasteiger partial charge is 0.0353 e. The first kappa shape index (κ1) is 11.0. The van der Waals surface area contributed by atoms with Crippen LogP contribution in [0.25, 0.3) is 0 Å². The van der Waals surface area contributed by atoms with E-state index in [1.807, 2.05) is 0 Å². The van der Waals surface area contributed by atoms with Crippen LogP contribution in [0.1, 0.15) is 24.8 Å². The van der Waals surface area contributed by atoms with Gasteiger partial charge in [-0.05, 0) is 43.9 Å². The molecule has 0 aromatic heterocycles. The van der Waals surface area contributed by atoms with E-state index in [0.29, 0.717) is 12.1 Å². The van der Waals surface area contributed by atoms with E-state index in [1.54, 1.807) is 0 Å². The molecular weight excluding hydrogens is 252 g/mol. The third-order valence-corrected chi connectivity index (χ3v) is 3.87. The summed E-state index contributed by atoms with van der Waals surface area (Å²) in [7, 11) is 0. The number of aryl methyl sites for hydroxylation is 1. The monoisotopic (exact) mass is 268 g/mol. The maximum Gasteiger partial charge on any atom is 0.0353 e. The number of benzene rings is 1. The van der Waals surface area contributed by atoms with Crippen LogP contribution in [0.3, 0.4) is 0 Å². The lowest BCUT2D eigenvalue weighted by atomic mass is 10.2. The van der Waals surface area contributed by atoms with Gasteiger partial charge in [0.1, 0.15) is 0 Å². The molecule has 0 radical (unpaired) electrons. The van der Waals surface area contributed by atoms with Gasteiger partial charge >= 0.3 is 0 Å². The Hall–Kier alpha value is -0.540. The molecule has 3 heteroatoms. The van der Waals surface area contributed by atoms with Crippen molar-refractivity contribution >= 4 is 21.6 Å². The largest absolute Gasteiger partial charge is 0.382 e. The fourth-order valence-electron chi connectivity index (χ4n) is 2.07. The molecule has 1 aromatic rings. The zero-order valence-electron chi connectivity index (χ0n) is 8.96.